The Hall–Kier alpha value is -0.100. The zero-order valence-electron chi connectivity index (χ0n) is 5.41. The third-order valence-corrected chi connectivity index (χ3v) is 1.59. The predicted molar refractivity (Wildman–Crippen MR) is 28.8 cm³/mol. The predicted octanol–water partition coefficient (Wildman–Crippen LogP) is 1.31. The van der Waals surface area contributed by atoms with E-state index in [9.17, 15) is 17.7 Å². The largest absolute Gasteiger partial charge is 0.474 e. The Bertz CT molecular complexity index is 163. The molecule has 11 heavy (non-hydrogen) atoms. The van der Waals surface area contributed by atoms with Crippen LogP contribution in [0, 0.1) is 0 Å². The number of rotatable bonds is 4. The first-order valence-corrected chi connectivity index (χ1v) is 3.88. The van der Waals surface area contributed by atoms with Gasteiger partial charge in [0.1, 0.15) is 0 Å². The number of alkyl halides is 3. The van der Waals surface area contributed by atoms with Crippen LogP contribution in [0.25, 0.3) is 0 Å². The van der Waals surface area contributed by atoms with E-state index in [4.69, 9.17) is 4.89 Å². The molecule has 0 saturated carbocycles. The summed E-state index contributed by atoms with van der Waals surface area (Å²) < 4.78 is 51.7. The van der Waals surface area contributed by atoms with E-state index in [2.05, 4.69) is 9.05 Å². The zero-order chi connectivity index (χ0) is 9.07. The molecule has 1 N–H and O–H groups in total. The van der Waals surface area contributed by atoms with Gasteiger partial charge in [0.25, 0.3) is 12.8 Å². The summed E-state index contributed by atoms with van der Waals surface area (Å²) in [5, 5.41) is 0. The maximum absolute atomic E-state index is 11.8. The van der Waals surface area contributed by atoms with Crippen LogP contribution in [-0.2, 0) is 13.6 Å². The first-order chi connectivity index (χ1) is 4.89. The molecule has 0 amide bonds. The van der Waals surface area contributed by atoms with Crippen molar-refractivity contribution in [3.8, 4) is 0 Å². The van der Waals surface area contributed by atoms with E-state index in [-0.39, 0.29) is 0 Å². The van der Waals surface area contributed by atoms with Crippen LogP contribution in [0.1, 0.15) is 0 Å². The molecule has 0 fully saturated rings. The second kappa shape index (κ2) is 4.06. The lowest BCUT2D eigenvalue weighted by Crippen LogP contribution is -2.15. The van der Waals surface area contributed by atoms with E-state index in [0.717, 1.165) is 7.11 Å². The Morgan fingerprint density at radius 3 is 2.18 bits per heavy atom. The summed E-state index contributed by atoms with van der Waals surface area (Å²) in [6.07, 6.45) is -6.57. The fourth-order valence-corrected chi connectivity index (χ4v) is 0.649. The maximum atomic E-state index is 11.8. The molecule has 0 aliphatic carbocycles. The van der Waals surface area contributed by atoms with Gasteiger partial charge in [-0.05, 0) is 0 Å². The zero-order valence-corrected chi connectivity index (χ0v) is 6.30. The van der Waals surface area contributed by atoms with Crippen LogP contribution in [0.5, 0.6) is 0 Å². The van der Waals surface area contributed by atoms with Crippen molar-refractivity contribution in [2.75, 3.05) is 7.11 Å². The molecule has 68 valence electrons. The molecule has 0 radical (unpaired) electrons. The Balaban J connectivity index is 3.94. The van der Waals surface area contributed by atoms with Crippen molar-refractivity contribution in [2.45, 2.75) is 12.8 Å². The number of phosphoric ester groups is 1. The van der Waals surface area contributed by atoms with Crippen molar-refractivity contribution in [2.24, 2.45) is 0 Å². The molecule has 4 nitrogen and oxygen atoms in total. The molecule has 0 aromatic heterocycles. The van der Waals surface area contributed by atoms with Crippen molar-refractivity contribution in [1.82, 2.24) is 0 Å². The third-order valence-electron chi connectivity index (χ3n) is 0.663. The molecule has 0 saturated heterocycles. The van der Waals surface area contributed by atoms with Crippen LogP contribution < -0.4 is 0 Å². The molecule has 2 atom stereocenters. The molecular formula is C3H6F3O4P. The molecule has 8 heteroatoms. The SMILES string of the molecule is COP(=O)(O)OC(F)C(F)F. The minimum Gasteiger partial charge on any atom is -0.302 e. The Morgan fingerprint density at radius 2 is 1.91 bits per heavy atom. The number of hydrogen-bond donors (Lipinski definition) is 1. The Morgan fingerprint density at radius 1 is 1.45 bits per heavy atom. The van der Waals surface area contributed by atoms with Crippen LogP contribution in [0.15, 0.2) is 0 Å². The minimum atomic E-state index is -4.64. The van der Waals surface area contributed by atoms with Gasteiger partial charge in [0.05, 0.1) is 0 Å². The molecule has 0 bridgehead atoms. The number of hydrogen-bond acceptors (Lipinski definition) is 3. The summed E-state index contributed by atoms with van der Waals surface area (Å²) in [6.45, 7) is 0. The lowest BCUT2D eigenvalue weighted by Gasteiger charge is -2.11. The van der Waals surface area contributed by atoms with E-state index in [1.165, 1.54) is 0 Å². The monoisotopic (exact) mass is 194 g/mol. The summed E-state index contributed by atoms with van der Waals surface area (Å²) in [5.74, 6) is 0. The smallest absolute Gasteiger partial charge is 0.302 e. The second-order valence-electron chi connectivity index (χ2n) is 1.44. The Labute approximate surface area is 60.5 Å². The standard InChI is InChI=1S/C3H6F3O4P/c1-9-11(7,8)10-3(6)2(4)5/h2-3H,1H3,(H,7,8). The molecule has 0 aliphatic heterocycles. The molecule has 0 rings (SSSR count). The summed E-state index contributed by atoms with van der Waals surface area (Å²) in [7, 11) is -3.90. The van der Waals surface area contributed by atoms with E-state index in [1.807, 2.05) is 0 Å². The van der Waals surface area contributed by atoms with Gasteiger partial charge in [0, 0.05) is 7.11 Å². The summed E-state index contributed by atoms with van der Waals surface area (Å²) in [4.78, 5) is 8.28. The average Bonchev–Trinajstić information content (AvgIpc) is 1.87. The highest BCUT2D eigenvalue weighted by Crippen LogP contribution is 2.44. The van der Waals surface area contributed by atoms with Crippen LogP contribution in [0.3, 0.4) is 0 Å². The summed E-state index contributed by atoms with van der Waals surface area (Å²) in [6, 6.07) is 0. The van der Waals surface area contributed by atoms with Gasteiger partial charge in [-0.1, -0.05) is 0 Å². The van der Waals surface area contributed by atoms with Crippen molar-refractivity contribution in [3.63, 3.8) is 0 Å². The van der Waals surface area contributed by atoms with Gasteiger partial charge in [-0.15, -0.1) is 0 Å². The van der Waals surface area contributed by atoms with E-state index >= 15 is 0 Å². The molecule has 0 heterocycles. The molecule has 0 aromatic rings. The van der Waals surface area contributed by atoms with Crippen molar-refractivity contribution in [1.29, 1.82) is 0 Å². The van der Waals surface area contributed by atoms with E-state index < -0.39 is 20.6 Å². The fourth-order valence-electron chi connectivity index (χ4n) is 0.216. The average molecular weight is 194 g/mol. The normalized spacial score (nSPS) is 19.8. The van der Waals surface area contributed by atoms with Crippen LogP contribution in [0.4, 0.5) is 13.2 Å². The first kappa shape index (κ1) is 10.9. The van der Waals surface area contributed by atoms with Gasteiger partial charge >= 0.3 is 7.82 Å². The molecular weight excluding hydrogens is 188 g/mol. The highest BCUT2D eigenvalue weighted by atomic mass is 31.2. The molecule has 0 spiro atoms. The summed E-state index contributed by atoms with van der Waals surface area (Å²) in [5.41, 5.74) is 0. The van der Waals surface area contributed by atoms with Crippen LogP contribution in [-0.4, -0.2) is 24.8 Å². The van der Waals surface area contributed by atoms with Gasteiger partial charge in [0.2, 0.25) is 0 Å². The van der Waals surface area contributed by atoms with Gasteiger partial charge in [-0.25, -0.2) is 22.3 Å². The quantitative estimate of drug-likeness (QED) is 0.685. The molecule has 0 aromatic carbocycles. The van der Waals surface area contributed by atoms with Gasteiger partial charge in [-0.3, -0.25) is 4.52 Å². The van der Waals surface area contributed by atoms with Gasteiger partial charge < -0.3 is 4.89 Å². The lowest BCUT2D eigenvalue weighted by molar-refractivity contribution is -0.0810. The number of halogens is 3. The fraction of sp³-hybridized carbons (Fsp3) is 1.00. The Kier molecular flexibility index (Phi) is 4.02. The molecule has 0 aliphatic rings. The second-order valence-corrected chi connectivity index (χ2v) is 2.96. The van der Waals surface area contributed by atoms with Crippen molar-refractivity contribution in [3.05, 3.63) is 0 Å². The number of phosphoric acid groups is 1. The minimum absolute atomic E-state index is 0.735. The van der Waals surface area contributed by atoms with Gasteiger partial charge in [-0.2, -0.15) is 0 Å². The van der Waals surface area contributed by atoms with E-state index in [1.54, 1.807) is 0 Å². The van der Waals surface area contributed by atoms with E-state index in [0.29, 0.717) is 0 Å². The highest BCUT2D eigenvalue weighted by molar-refractivity contribution is 7.47. The summed E-state index contributed by atoms with van der Waals surface area (Å²) >= 11 is 0. The molecule has 2 unspecified atom stereocenters. The van der Waals surface area contributed by atoms with Crippen LogP contribution in [0.2, 0.25) is 0 Å². The van der Waals surface area contributed by atoms with Gasteiger partial charge in [0.15, 0.2) is 0 Å². The third kappa shape index (κ3) is 4.36. The maximum Gasteiger partial charge on any atom is 0.474 e. The first-order valence-electron chi connectivity index (χ1n) is 2.38. The van der Waals surface area contributed by atoms with Crippen molar-refractivity contribution >= 4 is 7.82 Å². The lowest BCUT2D eigenvalue weighted by atomic mass is 10.7. The topological polar surface area (TPSA) is 55.8 Å². The van der Waals surface area contributed by atoms with Crippen LogP contribution >= 0.6 is 7.82 Å². The van der Waals surface area contributed by atoms with Crippen molar-refractivity contribution < 1.29 is 31.7 Å². The highest BCUT2D eigenvalue weighted by Gasteiger charge is 2.30.